The quantitative estimate of drug-likeness (QED) is 0.295. The Morgan fingerprint density at radius 3 is 2.33 bits per heavy atom. The van der Waals surface area contributed by atoms with Crippen LogP contribution in [0.1, 0.15) is 16.8 Å². The van der Waals surface area contributed by atoms with Gasteiger partial charge in [0.05, 0.1) is 12.8 Å². The molecule has 4 heterocycles. The summed E-state index contributed by atoms with van der Waals surface area (Å²) in [7, 11) is 0. The number of furan rings is 1. The molecule has 5 aromatic rings. The average molecular weight is 435 g/mol. The molecule has 1 aliphatic heterocycles. The largest absolute Gasteiger partial charge is 0.467 e. The van der Waals surface area contributed by atoms with Crippen molar-refractivity contribution in [2.75, 3.05) is 4.90 Å². The van der Waals surface area contributed by atoms with Crippen LogP contribution < -0.4 is 4.90 Å². The lowest BCUT2D eigenvalue weighted by molar-refractivity contribution is -0.124. The molecule has 30 heavy (non-hydrogen) atoms. The van der Waals surface area contributed by atoms with E-state index in [-0.39, 0.29) is 11.9 Å². The lowest BCUT2D eigenvalue weighted by Crippen LogP contribution is -2.56. The van der Waals surface area contributed by atoms with Gasteiger partial charge < -0.3 is 8.98 Å². The molecule has 2 unspecified atom stereocenters. The van der Waals surface area contributed by atoms with E-state index in [9.17, 15) is 4.79 Å². The molecule has 0 spiro atoms. The molecule has 1 fully saturated rings. The number of amides is 1. The number of anilines is 1. The standard InChI is InChI=1S/C22H15ClN4O2S/c23-19-20(17-10-5-11-29-17)27(21(19)28)22-25-24-18(30-22)12-26-15-8-3-1-6-13(15)14-7-2-4-9-16(14)26/h1-11,19-20H,12H2. The Morgan fingerprint density at radius 2 is 1.67 bits per heavy atom. The summed E-state index contributed by atoms with van der Waals surface area (Å²) in [5.41, 5.74) is 2.29. The number of para-hydroxylation sites is 2. The van der Waals surface area contributed by atoms with Gasteiger partial charge in [-0.2, -0.15) is 0 Å². The highest BCUT2D eigenvalue weighted by Crippen LogP contribution is 2.43. The van der Waals surface area contributed by atoms with Crippen molar-refractivity contribution in [3.05, 3.63) is 77.7 Å². The molecular formula is C22H15ClN4O2S. The first-order chi connectivity index (χ1) is 14.7. The molecule has 2 aromatic carbocycles. The fraction of sp³-hybridized carbons (Fsp3) is 0.136. The van der Waals surface area contributed by atoms with Crippen molar-refractivity contribution >= 4 is 55.8 Å². The van der Waals surface area contributed by atoms with Crippen LogP contribution >= 0.6 is 22.9 Å². The lowest BCUT2D eigenvalue weighted by atomic mass is 10.00. The minimum Gasteiger partial charge on any atom is -0.467 e. The van der Waals surface area contributed by atoms with Gasteiger partial charge >= 0.3 is 0 Å². The molecule has 2 atom stereocenters. The van der Waals surface area contributed by atoms with Gasteiger partial charge in [0.2, 0.25) is 11.0 Å². The molecule has 0 bridgehead atoms. The zero-order chi connectivity index (χ0) is 20.2. The Bertz CT molecular complexity index is 1340. The van der Waals surface area contributed by atoms with E-state index in [2.05, 4.69) is 51.2 Å². The van der Waals surface area contributed by atoms with Gasteiger partial charge in [0.1, 0.15) is 22.2 Å². The third-order valence-corrected chi connectivity index (χ3v) is 6.83. The Morgan fingerprint density at radius 1 is 0.967 bits per heavy atom. The summed E-state index contributed by atoms with van der Waals surface area (Å²) >= 11 is 7.66. The number of β-lactam (4-membered cyclic amide) rings is 1. The molecule has 6 rings (SSSR count). The van der Waals surface area contributed by atoms with Crippen LogP contribution in [0.5, 0.6) is 0 Å². The second-order valence-corrected chi connectivity index (χ2v) is 8.68. The SMILES string of the molecule is O=C1C(Cl)C(c2ccco2)N1c1nnc(Cn2c3ccccc3c3ccccc32)s1. The van der Waals surface area contributed by atoms with E-state index in [1.54, 1.807) is 17.2 Å². The molecule has 1 aliphatic rings. The van der Waals surface area contributed by atoms with E-state index in [0.717, 1.165) is 16.0 Å². The number of halogens is 1. The number of hydrogen-bond acceptors (Lipinski definition) is 5. The number of carbonyl (C=O) groups excluding carboxylic acids is 1. The number of benzene rings is 2. The number of alkyl halides is 1. The fourth-order valence-corrected chi connectivity index (χ4v) is 5.32. The highest BCUT2D eigenvalue weighted by atomic mass is 35.5. The van der Waals surface area contributed by atoms with Gasteiger partial charge in [0, 0.05) is 21.8 Å². The maximum Gasteiger partial charge on any atom is 0.250 e. The van der Waals surface area contributed by atoms with Crippen LogP contribution in [-0.2, 0) is 11.3 Å². The van der Waals surface area contributed by atoms with E-state index in [4.69, 9.17) is 16.0 Å². The van der Waals surface area contributed by atoms with Crippen molar-refractivity contribution in [2.45, 2.75) is 18.0 Å². The molecule has 6 nitrogen and oxygen atoms in total. The Hall–Kier alpha value is -3.16. The Labute approximate surface area is 180 Å². The topological polar surface area (TPSA) is 64.2 Å². The van der Waals surface area contributed by atoms with E-state index < -0.39 is 5.38 Å². The van der Waals surface area contributed by atoms with Crippen molar-refractivity contribution < 1.29 is 9.21 Å². The van der Waals surface area contributed by atoms with Crippen LogP contribution in [0.2, 0.25) is 0 Å². The van der Waals surface area contributed by atoms with Crippen LogP contribution in [0.3, 0.4) is 0 Å². The number of aromatic nitrogens is 3. The summed E-state index contributed by atoms with van der Waals surface area (Å²) in [4.78, 5) is 14.0. The van der Waals surface area contributed by atoms with Crippen molar-refractivity contribution in [3.63, 3.8) is 0 Å². The van der Waals surface area contributed by atoms with Gasteiger partial charge in [-0.25, -0.2) is 0 Å². The van der Waals surface area contributed by atoms with Crippen LogP contribution in [0.25, 0.3) is 21.8 Å². The van der Waals surface area contributed by atoms with Crippen LogP contribution in [-0.4, -0.2) is 26.0 Å². The summed E-state index contributed by atoms with van der Waals surface area (Å²) in [5, 5.41) is 11.8. The van der Waals surface area contributed by atoms with Gasteiger partial charge in [0.25, 0.3) is 0 Å². The number of hydrogen-bond donors (Lipinski definition) is 0. The molecule has 0 aliphatic carbocycles. The smallest absolute Gasteiger partial charge is 0.250 e. The number of nitrogens with zero attached hydrogens (tertiary/aromatic N) is 4. The first-order valence-electron chi connectivity index (χ1n) is 9.51. The number of rotatable bonds is 4. The molecule has 3 aromatic heterocycles. The monoisotopic (exact) mass is 434 g/mol. The van der Waals surface area contributed by atoms with Crippen molar-refractivity contribution in [1.29, 1.82) is 0 Å². The number of carbonyl (C=O) groups is 1. The van der Waals surface area contributed by atoms with Gasteiger partial charge in [-0.3, -0.25) is 9.69 Å². The summed E-state index contributed by atoms with van der Waals surface area (Å²) in [6.45, 7) is 0.573. The predicted octanol–water partition coefficient (Wildman–Crippen LogP) is 4.98. The second-order valence-electron chi connectivity index (χ2n) is 7.17. The summed E-state index contributed by atoms with van der Waals surface area (Å²) in [5.74, 6) is 0.464. The van der Waals surface area contributed by atoms with Crippen molar-refractivity contribution in [2.24, 2.45) is 0 Å². The van der Waals surface area contributed by atoms with Gasteiger partial charge in [-0.15, -0.1) is 21.8 Å². The zero-order valence-corrected chi connectivity index (χ0v) is 17.2. The van der Waals surface area contributed by atoms with Gasteiger partial charge in [-0.1, -0.05) is 47.7 Å². The summed E-state index contributed by atoms with van der Waals surface area (Å²) in [6, 6.07) is 19.9. The average Bonchev–Trinajstić information content (AvgIpc) is 3.52. The molecule has 1 amide bonds. The van der Waals surface area contributed by atoms with Crippen LogP contribution in [0, 0.1) is 0 Å². The predicted molar refractivity (Wildman–Crippen MR) is 117 cm³/mol. The lowest BCUT2D eigenvalue weighted by Gasteiger charge is -2.40. The van der Waals surface area contributed by atoms with Crippen LogP contribution in [0.4, 0.5) is 5.13 Å². The van der Waals surface area contributed by atoms with Crippen molar-refractivity contribution in [3.8, 4) is 0 Å². The maximum absolute atomic E-state index is 12.4. The number of fused-ring (bicyclic) bond motifs is 3. The van der Waals surface area contributed by atoms with Gasteiger partial charge in [0.15, 0.2) is 0 Å². The third-order valence-electron chi connectivity index (χ3n) is 5.50. The highest BCUT2D eigenvalue weighted by molar-refractivity contribution is 7.15. The summed E-state index contributed by atoms with van der Waals surface area (Å²) in [6.07, 6.45) is 1.58. The molecule has 0 saturated carbocycles. The van der Waals surface area contributed by atoms with E-state index in [1.807, 2.05) is 18.2 Å². The minimum atomic E-state index is -0.652. The van der Waals surface area contributed by atoms with Crippen LogP contribution in [0.15, 0.2) is 71.3 Å². The normalized spacial score (nSPS) is 19.0. The second kappa shape index (κ2) is 6.68. The van der Waals surface area contributed by atoms with E-state index >= 15 is 0 Å². The molecule has 0 radical (unpaired) electrons. The van der Waals surface area contributed by atoms with E-state index in [0.29, 0.717) is 17.4 Å². The Balaban J connectivity index is 1.37. The third kappa shape index (κ3) is 2.52. The van der Waals surface area contributed by atoms with Crippen molar-refractivity contribution in [1.82, 2.24) is 14.8 Å². The molecule has 1 saturated heterocycles. The molecule has 0 N–H and O–H groups in total. The first-order valence-corrected chi connectivity index (χ1v) is 10.8. The minimum absolute atomic E-state index is 0.183. The highest BCUT2D eigenvalue weighted by Gasteiger charge is 2.51. The maximum atomic E-state index is 12.4. The van der Waals surface area contributed by atoms with Gasteiger partial charge in [-0.05, 0) is 24.3 Å². The molecule has 148 valence electrons. The Kier molecular flexibility index (Phi) is 3.94. The molecule has 8 heteroatoms. The fourth-order valence-electron chi connectivity index (χ4n) is 4.11. The zero-order valence-electron chi connectivity index (χ0n) is 15.6. The summed E-state index contributed by atoms with van der Waals surface area (Å²) < 4.78 is 7.71. The first kappa shape index (κ1) is 17.7. The molecular weight excluding hydrogens is 420 g/mol. The van der Waals surface area contributed by atoms with E-state index in [1.165, 1.54) is 22.1 Å².